The second kappa shape index (κ2) is 10.3. The lowest BCUT2D eigenvalue weighted by atomic mass is 9.87. The summed E-state index contributed by atoms with van der Waals surface area (Å²) >= 11 is 1.62. The van der Waals surface area contributed by atoms with Crippen molar-refractivity contribution in [1.29, 1.82) is 0 Å². The van der Waals surface area contributed by atoms with E-state index < -0.39 is 0 Å². The molecule has 35 heavy (non-hydrogen) atoms. The van der Waals surface area contributed by atoms with Gasteiger partial charge < -0.3 is 10.1 Å². The van der Waals surface area contributed by atoms with Crippen molar-refractivity contribution in [2.45, 2.75) is 71.2 Å². The Bertz CT molecular complexity index is 1220. The van der Waals surface area contributed by atoms with Crippen molar-refractivity contribution >= 4 is 23.5 Å². The number of carbonyl (C=O) groups excluding carboxylic acids is 1. The summed E-state index contributed by atoms with van der Waals surface area (Å²) in [5.41, 5.74) is 5.05. The highest BCUT2D eigenvalue weighted by molar-refractivity contribution is 7.99. The van der Waals surface area contributed by atoms with E-state index in [1.807, 2.05) is 35.9 Å². The fourth-order valence-corrected chi connectivity index (χ4v) is 4.85. The molecule has 4 rings (SSSR count). The third-order valence-electron chi connectivity index (χ3n) is 6.07. The molecule has 1 aromatic heterocycles. The van der Waals surface area contributed by atoms with Gasteiger partial charge in [0.1, 0.15) is 18.4 Å². The van der Waals surface area contributed by atoms with E-state index in [0.717, 1.165) is 39.9 Å². The van der Waals surface area contributed by atoms with E-state index in [2.05, 4.69) is 62.3 Å². The summed E-state index contributed by atoms with van der Waals surface area (Å²) in [4.78, 5) is 17.2. The molecule has 6 nitrogen and oxygen atoms in total. The maximum atomic E-state index is 12.6. The first-order chi connectivity index (χ1) is 16.7. The SMILES string of the molecule is CCCSc1nc2n(n1)C(c1ccc(OCc3ccc(C(C)(C)C)cc3)cc1)C(C(C)=O)=C(C)N2. The van der Waals surface area contributed by atoms with Crippen molar-refractivity contribution in [3.05, 3.63) is 76.5 Å². The number of fused-ring (bicyclic) bond motifs is 1. The Balaban J connectivity index is 1.54. The van der Waals surface area contributed by atoms with E-state index in [-0.39, 0.29) is 17.2 Å². The first-order valence-electron chi connectivity index (χ1n) is 12.1. The summed E-state index contributed by atoms with van der Waals surface area (Å²) < 4.78 is 7.87. The van der Waals surface area contributed by atoms with E-state index in [1.165, 1.54) is 5.56 Å². The lowest BCUT2D eigenvalue weighted by Gasteiger charge is -2.28. The standard InChI is InChI=1S/C28H34N4O2S/c1-7-16-35-27-30-26-29-18(2)24(19(3)33)25(32(26)31-27)21-10-14-23(15-11-21)34-17-20-8-12-22(13-9-20)28(4,5)6/h8-15,25H,7,16-17H2,1-6H3,(H,29,30,31). The molecule has 0 aliphatic carbocycles. The fourth-order valence-electron chi connectivity index (χ4n) is 4.16. The average molecular weight is 491 g/mol. The Morgan fingerprint density at radius 2 is 1.80 bits per heavy atom. The van der Waals surface area contributed by atoms with Crippen LogP contribution >= 0.6 is 11.8 Å². The van der Waals surface area contributed by atoms with Gasteiger partial charge in [-0.2, -0.15) is 4.98 Å². The van der Waals surface area contributed by atoms with Crippen molar-refractivity contribution in [1.82, 2.24) is 14.8 Å². The van der Waals surface area contributed by atoms with E-state index in [1.54, 1.807) is 18.7 Å². The van der Waals surface area contributed by atoms with Gasteiger partial charge in [-0.25, -0.2) is 4.68 Å². The number of aromatic nitrogens is 3. The number of ether oxygens (including phenoxy) is 1. The van der Waals surface area contributed by atoms with E-state index in [0.29, 0.717) is 18.1 Å². The molecular formula is C28H34N4O2S. The Kier molecular flexibility index (Phi) is 7.36. The maximum absolute atomic E-state index is 12.6. The Morgan fingerprint density at radius 1 is 1.11 bits per heavy atom. The predicted octanol–water partition coefficient (Wildman–Crippen LogP) is 6.53. The van der Waals surface area contributed by atoms with Crippen LogP contribution in [-0.2, 0) is 16.8 Å². The fraction of sp³-hybridized carbons (Fsp3) is 0.393. The van der Waals surface area contributed by atoms with Crippen LogP contribution in [0.4, 0.5) is 5.95 Å². The number of hydrogen-bond acceptors (Lipinski definition) is 6. The number of benzene rings is 2. The van der Waals surface area contributed by atoms with Crippen LogP contribution in [-0.4, -0.2) is 26.3 Å². The molecule has 3 aromatic rings. The summed E-state index contributed by atoms with van der Waals surface area (Å²) in [6.07, 6.45) is 1.05. The molecular weight excluding hydrogens is 456 g/mol. The highest BCUT2D eigenvalue weighted by Crippen LogP contribution is 2.37. The topological polar surface area (TPSA) is 69.0 Å². The monoisotopic (exact) mass is 490 g/mol. The van der Waals surface area contributed by atoms with Gasteiger partial charge in [0.25, 0.3) is 0 Å². The van der Waals surface area contributed by atoms with Crippen LogP contribution < -0.4 is 10.1 Å². The molecule has 0 amide bonds. The quantitative estimate of drug-likeness (QED) is 0.362. The Labute approximate surface area is 212 Å². The van der Waals surface area contributed by atoms with Crippen molar-refractivity contribution in [2.75, 3.05) is 11.1 Å². The number of nitrogens with zero attached hydrogens (tertiary/aromatic N) is 3. The summed E-state index contributed by atoms with van der Waals surface area (Å²) in [5, 5.41) is 8.70. The van der Waals surface area contributed by atoms with E-state index in [4.69, 9.17) is 9.84 Å². The van der Waals surface area contributed by atoms with E-state index in [9.17, 15) is 4.79 Å². The van der Waals surface area contributed by atoms with Crippen LogP contribution in [0.5, 0.6) is 5.75 Å². The molecule has 2 aromatic carbocycles. The minimum atomic E-state index is -0.328. The third kappa shape index (κ3) is 5.61. The largest absolute Gasteiger partial charge is 0.489 e. The van der Waals surface area contributed by atoms with Crippen LogP contribution in [0.25, 0.3) is 0 Å². The van der Waals surface area contributed by atoms with Crippen molar-refractivity contribution < 1.29 is 9.53 Å². The number of carbonyl (C=O) groups is 1. The number of rotatable bonds is 8. The summed E-state index contributed by atoms with van der Waals surface area (Å²) in [6.45, 7) is 12.8. The Morgan fingerprint density at radius 3 is 2.40 bits per heavy atom. The number of thioether (sulfide) groups is 1. The molecule has 1 aliphatic heterocycles. The molecule has 0 saturated carbocycles. The van der Waals surface area contributed by atoms with Gasteiger partial charge >= 0.3 is 0 Å². The molecule has 0 radical (unpaired) electrons. The van der Waals surface area contributed by atoms with Crippen molar-refractivity contribution in [3.8, 4) is 5.75 Å². The van der Waals surface area contributed by atoms with Gasteiger partial charge in [0.15, 0.2) is 5.78 Å². The third-order valence-corrected chi connectivity index (χ3v) is 7.11. The maximum Gasteiger partial charge on any atom is 0.227 e. The highest BCUT2D eigenvalue weighted by atomic mass is 32.2. The molecule has 0 spiro atoms. The van der Waals surface area contributed by atoms with Gasteiger partial charge in [-0.05, 0) is 54.5 Å². The van der Waals surface area contributed by atoms with Crippen LogP contribution in [0.2, 0.25) is 0 Å². The molecule has 1 aliphatic rings. The summed E-state index contributed by atoms with van der Waals surface area (Å²) in [7, 11) is 0. The smallest absolute Gasteiger partial charge is 0.227 e. The lowest BCUT2D eigenvalue weighted by molar-refractivity contribution is -0.114. The van der Waals surface area contributed by atoms with Gasteiger partial charge in [0, 0.05) is 17.0 Å². The number of nitrogens with one attached hydrogen (secondary N) is 1. The zero-order valence-electron chi connectivity index (χ0n) is 21.4. The zero-order chi connectivity index (χ0) is 25.2. The summed E-state index contributed by atoms with van der Waals surface area (Å²) in [5.74, 6) is 2.41. The number of allylic oxidation sites excluding steroid dienone is 2. The average Bonchev–Trinajstić information content (AvgIpc) is 3.22. The van der Waals surface area contributed by atoms with Gasteiger partial charge in [-0.15, -0.1) is 5.10 Å². The number of anilines is 1. The second-order valence-corrected chi connectivity index (χ2v) is 11.0. The molecule has 1 atom stereocenters. The van der Waals surface area contributed by atoms with E-state index >= 15 is 0 Å². The number of ketones is 1. The molecule has 1 unspecified atom stereocenters. The van der Waals surface area contributed by atoms with Crippen LogP contribution in [0.15, 0.2) is 65.0 Å². The molecule has 0 fully saturated rings. The van der Waals surface area contributed by atoms with Gasteiger partial charge in [-0.3, -0.25) is 4.79 Å². The van der Waals surface area contributed by atoms with Crippen molar-refractivity contribution in [2.24, 2.45) is 0 Å². The molecule has 7 heteroatoms. The normalized spacial score (nSPS) is 15.5. The molecule has 184 valence electrons. The summed E-state index contributed by atoms with van der Waals surface area (Å²) in [6, 6.07) is 16.2. The van der Waals surface area contributed by atoms with Crippen LogP contribution in [0.3, 0.4) is 0 Å². The van der Waals surface area contributed by atoms with Gasteiger partial charge in [0.05, 0.1) is 0 Å². The van der Waals surface area contributed by atoms with Crippen LogP contribution in [0, 0.1) is 0 Å². The molecule has 1 N–H and O–H groups in total. The molecule has 2 heterocycles. The van der Waals surface area contributed by atoms with Crippen molar-refractivity contribution in [3.63, 3.8) is 0 Å². The minimum Gasteiger partial charge on any atom is -0.489 e. The van der Waals surface area contributed by atoms with Gasteiger partial charge in [0.2, 0.25) is 11.1 Å². The lowest BCUT2D eigenvalue weighted by Crippen LogP contribution is -2.27. The second-order valence-electron chi connectivity index (χ2n) is 9.94. The predicted molar refractivity (Wildman–Crippen MR) is 142 cm³/mol. The molecule has 0 bridgehead atoms. The highest BCUT2D eigenvalue weighted by Gasteiger charge is 2.32. The van der Waals surface area contributed by atoms with Crippen LogP contribution in [0.1, 0.15) is 70.7 Å². The number of Topliss-reactive ketones (excluding diaryl/α,β-unsaturated/α-hetero) is 1. The minimum absolute atomic E-state index is 0.0166. The van der Waals surface area contributed by atoms with Gasteiger partial charge in [-0.1, -0.05) is 75.9 Å². The Hall–Kier alpha value is -3.06. The number of hydrogen-bond donors (Lipinski definition) is 1. The molecule has 0 saturated heterocycles. The zero-order valence-corrected chi connectivity index (χ0v) is 22.2. The first-order valence-corrected chi connectivity index (χ1v) is 13.1. The first kappa shape index (κ1) is 25.0.